The minimum absolute atomic E-state index is 0.0634. The van der Waals surface area contributed by atoms with Gasteiger partial charge in [-0.05, 0) is 40.4 Å². The summed E-state index contributed by atoms with van der Waals surface area (Å²) < 4.78 is 5.20. The summed E-state index contributed by atoms with van der Waals surface area (Å²) in [6.45, 7) is 9.44. The summed E-state index contributed by atoms with van der Waals surface area (Å²) in [6, 6.07) is -0.0742. The Balaban J connectivity index is 4.57. The van der Waals surface area contributed by atoms with Gasteiger partial charge in [0.1, 0.15) is 6.04 Å². The molecule has 0 radical (unpaired) electrons. The third kappa shape index (κ3) is 6.97. The van der Waals surface area contributed by atoms with Crippen LogP contribution in [0.5, 0.6) is 0 Å². The number of hydrogen-bond donors (Lipinski definition) is 0. The minimum Gasteiger partial charge on any atom is -0.465 e. The van der Waals surface area contributed by atoms with E-state index in [2.05, 4.69) is 37.7 Å². The number of esters is 1. The number of likely N-dealkylation sites (N-methyl/N-ethyl adjacent to an activating group) is 1. The molecule has 1 unspecified atom stereocenters. The third-order valence-corrected chi connectivity index (χ3v) is 2.91. The molecule has 0 saturated heterocycles. The first-order chi connectivity index (χ1) is 8.56. The van der Waals surface area contributed by atoms with Crippen molar-refractivity contribution in [1.29, 1.82) is 0 Å². The van der Waals surface area contributed by atoms with Crippen molar-refractivity contribution in [3.8, 4) is 0 Å². The maximum absolute atomic E-state index is 12.0. The molecule has 0 saturated carbocycles. The maximum Gasteiger partial charge on any atom is 0.323 e. The molecule has 0 fully saturated rings. The molecule has 1 atom stereocenters. The van der Waals surface area contributed by atoms with Crippen LogP contribution in [-0.4, -0.2) is 62.1 Å². The molecular formula is C14H30N2O2. The van der Waals surface area contributed by atoms with Crippen LogP contribution < -0.4 is 0 Å². The second-order valence-electron chi connectivity index (χ2n) is 4.90. The highest BCUT2D eigenvalue weighted by Crippen LogP contribution is 2.10. The summed E-state index contributed by atoms with van der Waals surface area (Å²) in [5.41, 5.74) is 0. The van der Waals surface area contributed by atoms with Crippen molar-refractivity contribution < 1.29 is 9.53 Å². The van der Waals surface area contributed by atoms with Gasteiger partial charge < -0.3 is 9.64 Å². The van der Waals surface area contributed by atoms with E-state index in [1.807, 2.05) is 6.92 Å². The number of carbonyl (C=O) groups is 1. The van der Waals surface area contributed by atoms with Gasteiger partial charge in [-0.3, -0.25) is 9.69 Å². The first-order valence-corrected chi connectivity index (χ1v) is 7.12. The zero-order valence-electron chi connectivity index (χ0n) is 12.7. The Morgan fingerprint density at radius 2 is 1.72 bits per heavy atom. The summed E-state index contributed by atoms with van der Waals surface area (Å²) in [6.07, 6.45) is 2.95. The molecule has 0 bridgehead atoms. The molecule has 0 heterocycles. The van der Waals surface area contributed by atoms with E-state index in [4.69, 9.17) is 4.74 Å². The van der Waals surface area contributed by atoms with Crippen LogP contribution in [0, 0.1) is 0 Å². The van der Waals surface area contributed by atoms with E-state index in [1.54, 1.807) is 0 Å². The summed E-state index contributed by atoms with van der Waals surface area (Å²) in [5.74, 6) is -0.0634. The Morgan fingerprint density at radius 3 is 2.17 bits per heavy atom. The lowest BCUT2D eigenvalue weighted by Crippen LogP contribution is -2.45. The van der Waals surface area contributed by atoms with Crippen LogP contribution in [0.15, 0.2) is 0 Å². The van der Waals surface area contributed by atoms with Crippen molar-refractivity contribution >= 4 is 5.97 Å². The molecule has 0 aliphatic carbocycles. The van der Waals surface area contributed by atoms with Crippen LogP contribution in [0.1, 0.15) is 40.0 Å². The van der Waals surface area contributed by atoms with E-state index in [1.165, 1.54) is 0 Å². The van der Waals surface area contributed by atoms with Gasteiger partial charge in [0, 0.05) is 13.1 Å². The van der Waals surface area contributed by atoms with Gasteiger partial charge in [-0.1, -0.05) is 20.3 Å². The van der Waals surface area contributed by atoms with E-state index < -0.39 is 0 Å². The van der Waals surface area contributed by atoms with E-state index in [0.717, 1.165) is 38.9 Å². The van der Waals surface area contributed by atoms with Gasteiger partial charge in [-0.15, -0.1) is 0 Å². The lowest BCUT2D eigenvalue weighted by atomic mass is 10.1. The first-order valence-electron chi connectivity index (χ1n) is 7.12. The molecule has 4 heteroatoms. The summed E-state index contributed by atoms with van der Waals surface area (Å²) in [5, 5.41) is 0. The highest BCUT2D eigenvalue weighted by atomic mass is 16.5. The summed E-state index contributed by atoms with van der Waals surface area (Å²) in [7, 11) is 4.12. The Bertz CT molecular complexity index is 220. The van der Waals surface area contributed by atoms with Crippen molar-refractivity contribution in [1.82, 2.24) is 9.80 Å². The molecule has 0 N–H and O–H groups in total. The standard InChI is InChI=1S/C14H30N2O2/c1-6-9-13(14(17)18-8-3)16(10-7-2)12-11-15(4)5/h13H,6-12H2,1-5H3. The number of carbonyl (C=O) groups excluding carboxylic acids is 1. The van der Waals surface area contributed by atoms with Crippen molar-refractivity contribution in [2.45, 2.75) is 46.1 Å². The van der Waals surface area contributed by atoms with Gasteiger partial charge in [-0.2, -0.15) is 0 Å². The molecule has 0 aromatic carbocycles. The Labute approximate surface area is 112 Å². The molecule has 0 aromatic rings. The third-order valence-electron chi connectivity index (χ3n) is 2.91. The monoisotopic (exact) mass is 258 g/mol. The molecule has 18 heavy (non-hydrogen) atoms. The van der Waals surface area contributed by atoms with Gasteiger partial charge in [0.25, 0.3) is 0 Å². The smallest absolute Gasteiger partial charge is 0.323 e. The van der Waals surface area contributed by atoms with Crippen LogP contribution >= 0.6 is 0 Å². The van der Waals surface area contributed by atoms with Crippen LogP contribution in [0.25, 0.3) is 0 Å². The van der Waals surface area contributed by atoms with Crippen LogP contribution in [0.4, 0.5) is 0 Å². The van der Waals surface area contributed by atoms with E-state index in [9.17, 15) is 4.79 Å². The van der Waals surface area contributed by atoms with Crippen molar-refractivity contribution in [2.75, 3.05) is 40.3 Å². The highest BCUT2D eigenvalue weighted by molar-refractivity contribution is 5.75. The fourth-order valence-electron chi connectivity index (χ4n) is 2.00. The van der Waals surface area contributed by atoms with Gasteiger partial charge >= 0.3 is 5.97 Å². The van der Waals surface area contributed by atoms with Crippen LogP contribution in [0.3, 0.4) is 0 Å². The van der Waals surface area contributed by atoms with Crippen LogP contribution in [0.2, 0.25) is 0 Å². The van der Waals surface area contributed by atoms with Crippen molar-refractivity contribution in [3.63, 3.8) is 0 Å². The Kier molecular flexibility index (Phi) is 9.98. The first kappa shape index (κ1) is 17.4. The predicted octanol–water partition coefficient (Wildman–Crippen LogP) is 1.99. The molecule has 0 amide bonds. The van der Waals surface area contributed by atoms with Gasteiger partial charge in [0.05, 0.1) is 6.61 Å². The normalized spacial score (nSPS) is 13.1. The molecule has 0 spiro atoms. The molecule has 0 aliphatic heterocycles. The number of nitrogens with zero attached hydrogens (tertiary/aromatic N) is 2. The average Bonchev–Trinajstić information content (AvgIpc) is 2.32. The highest BCUT2D eigenvalue weighted by Gasteiger charge is 2.25. The van der Waals surface area contributed by atoms with E-state index in [-0.39, 0.29) is 12.0 Å². The lowest BCUT2D eigenvalue weighted by molar-refractivity contribution is -0.150. The number of rotatable bonds is 10. The van der Waals surface area contributed by atoms with Crippen molar-refractivity contribution in [3.05, 3.63) is 0 Å². The molecule has 4 nitrogen and oxygen atoms in total. The quantitative estimate of drug-likeness (QED) is 0.561. The molecule has 0 aromatic heterocycles. The zero-order valence-corrected chi connectivity index (χ0v) is 12.7. The lowest BCUT2D eigenvalue weighted by Gasteiger charge is -2.30. The second kappa shape index (κ2) is 10.3. The number of ether oxygens (including phenoxy) is 1. The van der Waals surface area contributed by atoms with E-state index in [0.29, 0.717) is 6.61 Å². The van der Waals surface area contributed by atoms with Gasteiger partial charge in [-0.25, -0.2) is 0 Å². The Morgan fingerprint density at radius 1 is 1.06 bits per heavy atom. The molecule has 108 valence electrons. The van der Waals surface area contributed by atoms with Crippen LogP contribution in [-0.2, 0) is 9.53 Å². The largest absolute Gasteiger partial charge is 0.465 e. The van der Waals surface area contributed by atoms with E-state index >= 15 is 0 Å². The number of hydrogen-bond acceptors (Lipinski definition) is 4. The predicted molar refractivity (Wildman–Crippen MR) is 75.7 cm³/mol. The fraction of sp³-hybridized carbons (Fsp3) is 0.929. The molecular weight excluding hydrogens is 228 g/mol. The molecule has 0 aliphatic rings. The maximum atomic E-state index is 12.0. The average molecular weight is 258 g/mol. The fourth-order valence-corrected chi connectivity index (χ4v) is 2.00. The van der Waals surface area contributed by atoms with Crippen molar-refractivity contribution in [2.24, 2.45) is 0 Å². The van der Waals surface area contributed by atoms with Gasteiger partial charge in [0.2, 0.25) is 0 Å². The minimum atomic E-state index is -0.0742. The zero-order chi connectivity index (χ0) is 14.0. The molecule has 0 rings (SSSR count). The topological polar surface area (TPSA) is 32.8 Å². The second-order valence-corrected chi connectivity index (χ2v) is 4.90. The SMILES string of the molecule is CCCC(C(=O)OCC)N(CCC)CCN(C)C. The summed E-state index contributed by atoms with van der Waals surface area (Å²) >= 11 is 0. The Hall–Kier alpha value is -0.610. The summed E-state index contributed by atoms with van der Waals surface area (Å²) in [4.78, 5) is 16.4. The van der Waals surface area contributed by atoms with Gasteiger partial charge in [0.15, 0.2) is 0 Å².